The lowest BCUT2D eigenvalue weighted by atomic mass is 9.61. The van der Waals surface area contributed by atoms with Crippen LogP contribution in [0.1, 0.15) is 65.2 Å². The highest BCUT2D eigenvalue weighted by molar-refractivity contribution is 7.91. The van der Waals surface area contributed by atoms with Crippen LogP contribution in [0.5, 0.6) is 0 Å². The quantitative estimate of drug-likeness (QED) is 0.464. The Kier molecular flexibility index (Phi) is 8.02. The normalized spacial score (nSPS) is 34.8. The van der Waals surface area contributed by atoms with Crippen LogP contribution in [0.3, 0.4) is 0 Å². The lowest BCUT2D eigenvalue weighted by Gasteiger charge is -2.44. The van der Waals surface area contributed by atoms with Gasteiger partial charge in [-0.25, -0.2) is 8.42 Å². The van der Waals surface area contributed by atoms with Crippen molar-refractivity contribution in [2.45, 2.75) is 82.3 Å². The first-order valence-electron chi connectivity index (χ1n) is 12.9. The lowest BCUT2D eigenvalue weighted by Crippen LogP contribution is -2.36. The van der Waals surface area contributed by atoms with Gasteiger partial charge in [0.15, 0.2) is 9.84 Å². The van der Waals surface area contributed by atoms with Gasteiger partial charge in [-0.1, -0.05) is 49.8 Å². The number of benzene rings is 1. The molecule has 0 aliphatic heterocycles. The molecule has 0 saturated heterocycles. The molecule has 0 aromatic heterocycles. The Morgan fingerprint density at radius 1 is 1.20 bits per heavy atom. The predicted octanol–water partition coefficient (Wildman–Crippen LogP) is 6.28. The van der Waals surface area contributed by atoms with Gasteiger partial charge in [-0.3, -0.25) is 0 Å². The van der Waals surface area contributed by atoms with Crippen LogP contribution in [0.25, 0.3) is 0 Å². The standard InChI is InChI=1S/C29H39ClO4S/c1-19(14-16-35(33,34)25-10-8-23(30)9-11-25)26-12-13-27-21(5-4-15-29(26,27)3)6-7-22-17-24(31)18-28(32)20(22)2/h6-11,19,24,26-28,31-32H,2,4-5,12-18H2,1,3H3/t19-,24-,26-,27+,28+,29-/m1/s1. The van der Waals surface area contributed by atoms with Gasteiger partial charge in [0.25, 0.3) is 0 Å². The van der Waals surface area contributed by atoms with Crippen molar-refractivity contribution in [3.8, 4) is 0 Å². The summed E-state index contributed by atoms with van der Waals surface area (Å²) in [6, 6.07) is 6.47. The van der Waals surface area contributed by atoms with Gasteiger partial charge >= 0.3 is 0 Å². The molecule has 1 aromatic rings. The van der Waals surface area contributed by atoms with Crippen molar-refractivity contribution in [1.82, 2.24) is 0 Å². The highest BCUT2D eigenvalue weighted by atomic mass is 35.5. The van der Waals surface area contributed by atoms with Gasteiger partial charge in [-0.15, -0.1) is 0 Å². The molecule has 4 rings (SSSR count). The van der Waals surface area contributed by atoms with Crippen LogP contribution in [0.2, 0.25) is 5.02 Å². The van der Waals surface area contributed by atoms with Gasteiger partial charge < -0.3 is 10.2 Å². The zero-order valence-electron chi connectivity index (χ0n) is 20.9. The van der Waals surface area contributed by atoms with Crippen LogP contribution in [-0.2, 0) is 9.84 Å². The molecule has 0 spiro atoms. The largest absolute Gasteiger partial charge is 0.393 e. The number of hydrogen-bond acceptors (Lipinski definition) is 4. The summed E-state index contributed by atoms with van der Waals surface area (Å²) in [5.41, 5.74) is 3.31. The number of allylic oxidation sites excluding steroid dienone is 3. The Balaban J connectivity index is 1.45. The second-order valence-electron chi connectivity index (χ2n) is 11.2. The molecule has 0 heterocycles. The van der Waals surface area contributed by atoms with Crippen LogP contribution in [-0.4, -0.2) is 36.6 Å². The highest BCUT2D eigenvalue weighted by Crippen LogP contribution is 2.59. The molecule has 3 aliphatic rings. The summed E-state index contributed by atoms with van der Waals surface area (Å²) in [6.07, 6.45) is 10.3. The van der Waals surface area contributed by atoms with Gasteiger partial charge in [0.05, 0.1) is 22.9 Å². The molecule has 0 unspecified atom stereocenters. The number of sulfone groups is 1. The SMILES string of the molecule is C=C1C(=CC=C2CCC[C@]3(C)[C@@H]([C@H](C)CCS(=O)(=O)c4ccc(Cl)cc4)CC[C@@H]23)C[C@@H](O)C[C@@H]1O. The van der Waals surface area contributed by atoms with Gasteiger partial charge in [0, 0.05) is 11.4 Å². The molecule has 2 N–H and O–H groups in total. The molecule has 0 bridgehead atoms. The highest BCUT2D eigenvalue weighted by Gasteiger charge is 2.50. The van der Waals surface area contributed by atoms with Crippen molar-refractivity contribution in [3.63, 3.8) is 0 Å². The van der Waals surface area contributed by atoms with Crippen molar-refractivity contribution in [1.29, 1.82) is 0 Å². The molecule has 6 heteroatoms. The van der Waals surface area contributed by atoms with E-state index in [0.717, 1.165) is 36.8 Å². The van der Waals surface area contributed by atoms with E-state index in [1.54, 1.807) is 24.3 Å². The number of rotatable bonds is 6. The molecule has 1 aromatic carbocycles. The maximum absolute atomic E-state index is 12.9. The minimum atomic E-state index is -3.32. The Morgan fingerprint density at radius 2 is 1.91 bits per heavy atom. The smallest absolute Gasteiger partial charge is 0.178 e. The second kappa shape index (κ2) is 10.5. The summed E-state index contributed by atoms with van der Waals surface area (Å²) in [5, 5.41) is 20.8. The van der Waals surface area contributed by atoms with E-state index in [0.29, 0.717) is 46.9 Å². The maximum Gasteiger partial charge on any atom is 0.178 e. The fraction of sp³-hybridized carbons (Fsp3) is 0.586. The first-order chi connectivity index (χ1) is 16.5. The first kappa shape index (κ1) is 26.7. The third kappa shape index (κ3) is 5.64. The third-order valence-electron chi connectivity index (χ3n) is 9.00. The van der Waals surface area contributed by atoms with Crippen LogP contribution in [0.4, 0.5) is 0 Å². The molecule has 6 atom stereocenters. The minimum absolute atomic E-state index is 0.161. The van der Waals surface area contributed by atoms with Crippen LogP contribution in [0, 0.1) is 23.2 Å². The molecule has 192 valence electrons. The predicted molar refractivity (Wildman–Crippen MR) is 142 cm³/mol. The first-order valence-corrected chi connectivity index (χ1v) is 15.0. The van der Waals surface area contributed by atoms with Crippen molar-refractivity contribution in [2.75, 3.05) is 5.75 Å². The molecular formula is C29H39ClO4S. The summed E-state index contributed by atoms with van der Waals surface area (Å²) < 4.78 is 25.8. The minimum Gasteiger partial charge on any atom is -0.393 e. The monoisotopic (exact) mass is 518 g/mol. The Labute approximate surface area is 215 Å². The van der Waals surface area contributed by atoms with E-state index in [4.69, 9.17) is 11.6 Å². The summed E-state index contributed by atoms with van der Waals surface area (Å²) in [7, 11) is -3.32. The molecule has 3 aliphatic carbocycles. The summed E-state index contributed by atoms with van der Waals surface area (Å²) in [5.74, 6) is 1.49. The average molecular weight is 519 g/mol. The zero-order chi connectivity index (χ0) is 25.4. The van der Waals surface area contributed by atoms with Crippen molar-refractivity contribution in [2.24, 2.45) is 23.2 Å². The average Bonchev–Trinajstić information content (AvgIpc) is 3.17. The van der Waals surface area contributed by atoms with Crippen molar-refractivity contribution < 1.29 is 18.6 Å². The van der Waals surface area contributed by atoms with E-state index in [1.807, 2.05) is 0 Å². The van der Waals surface area contributed by atoms with Crippen LogP contribution < -0.4 is 0 Å². The Bertz CT molecular complexity index is 1100. The molecule has 0 amide bonds. The number of aliphatic hydroxyl groups excluding tert-OH is 2. The summed E-state index contributed by atoms with van der Waals surface area (Å²) in [4.78, 5) is 0.347. The van der Waals surface area contributed by atoms with E-state index in [2.05, 4.69) is 32.6 Å². The van der Waals surface area contributed by atoms with E-state index >= 15 is 0 Å². The van der Waals surface area contributed by atoms with E-state index in [1.165, 1.54) is 12.0 Å². The van der Waals surface area contributed by atoms with E-state index in [-0.39, 0.29) is 11.2 Å². The van der Waals surface area contributed by atoms with Crippen molar-refractivity contribution >= 4 is 21.4 Å². The number of halogens is 1. The van der Waals surface area contributed by atoms with Crippen LogP contribution >= 0.6 is 11.6 Å². The summed E-state index contributed by atoms with van der Waals surface area (Å²) in [6.45, 7) is 8.68. The molecular weight excluding hydrogens is 480 g/mol. The summed E-state index contributed by atoms with van der Waals surface area (Å²) >= 11 is 5.92. The number of hydrogen-bond donors (Lipinski definition) is 2. The maximum atomic E-state index is 12.9. The second-order valence-corrected chi connectivity index (χ2v) is 13.7. The Morgan fingerprint density at radius 3 is 2.63 bits per heavy atom. The number of aliphatic hydroxyl groups is 2. The van der Waals surface area contributed by atoms with Gasteiger partial charge in [0.2, 0.25) is 0 Å². The van der Waals surface area contributed by atoms with Crippen LogP contribution in [0.15, 0.2) is 64.6 Å². The molecule has 0 radical (unpaired) electrons. The van der Waals surface area contributed by atoms with Gasteiger partial charge in [0.1, 0.15) is 0 Å². The Hall–Kier alpha value is -1.40. The fourth-order valence-electron chi connectivity index (χ4n) is 6.98. The van der Waals surface area contributed by atoms with E-state index < -0.39 is 22.0 Å². The number of fused-ring (bicyclic) bond motifs is 1. The molecule has 4 nitrogen and oxygen atoms in total. The van der Waals surface area contributed by atoms with Crippen molar-refractivity contribution in [3.05, 3.63) is 64.7 Å². The molecule has 3 fully saturated rings. The lowest BCUT2D eigenvalue weighted by molar-refractivity contribution is 0.0861. The third-order valence-corrected chi connectivity index (χ3v) is 11.0. The fourth-order valence-corrected chi connectivity index (χ4v) is 8.58. The molecule has 3 saturated carbocycles. The zero-order valence-corrected chi connectivity index (χ0v) is 22.5. The van der Waals surface area contributed by atoms with Gasteiger partial charge in [-0.2, -0.15) is 0 Å². The van der Waals surface area contributed by atoms with E-state index in [9.17, 15) is 18.6 Å². The topological polar surface area (TPSA) is 74.6 Å². The van der Waals surface area contributed by atoms with Gasteiger partial charge in [-0.05, 0) is 104 Å². The molecule has 35 heavy (non-hydrogen) atoms.